The van der Waals surface area contributed by atoms with E-state index < -0.39 is 0 Å². The molecule has 2 rings (SSSR count). The molecule has 8 heteroatoms. The molecule has 0 aromatic heterocycles. The molecule has 2 unspecified atom stereocenters. The maximum atomic E-state index is 12.1. The number of benzene rings is 1. The van der Waals surface area contributed by atoms with Crippen molar-refractivity contribution in [3.8, 4) is 0 Å². The third kappa shape index (κ3) is 6.45. The highest BCUT2D eigenvalue weighted by Gasteiger charge is 2.23. The van der Waals surface area contributed by atoms with Crippen molar-refractivity contribution in [3.63, 3.8) is 0 Å². The standard InChI is InChI=1S/C15H22ClN3O2.2ClH/c1-19(2)14(11-5-3-4-6-12(11)16)9-18-15(20)13-10-21-8-7-17-13;;/h3-6,13-14,17H,7-10H2,1-2H3,(H,18,20);2*1H. The molecule has 1 fully saturated rings. The molecule has 0 aliphatic carbocycles. The van der Waals surface area contributed by atoms with Crippen LogP contribution in [-0.4, -0.2) is 57.2 Å². The van der Waals surface area contributed by atoms with Crippen molar-refractivity contribution in [1.82, 2.24) is 15.5 Å². The number of rotatable bonds is 5. The molecule has 0 spiro atoms. The normalized spacial score (nSPS) is 18.5. The molecule has 1 aromatic carbocycles. The minimum Gasteiger partial charge on any atom is -0.378 e. The highest BCUT2D eigenvalue weighted by atomic mass is 35.5. The molecule has 23 heavy (non-hydrogen) atoms. The van der Waals surface area contributed by atoms with Crippen LogP contribution in [0.5, 0.6) is 0 Å². The number of nitrogens with one attached hydrogen (secondary N) is 2. The van der Waals surface area contributed by atoms with Gasteiger partial charge in [0.25, 0.3) is 0 Å². The monoisotopic (exact) mass is 383 g/mol. The molecule has 0 bridgehead atoms. The van der Waals surface area contributed by atoms with Crippen LogP contribution in [0.2, 0.25) is 5.02 Å². The van der Waals surface area contributed by atoms with Gasteiger partial charge in [0.2, 0.25) is 5.91 Å². The summed E-state index contributed by atoms with van der Waals surface area (Å²) in [5.41, 5.74) is 1.01. The Kier molecular flexibility index (Phi) is 10.8. The first-order valence-corrected chi connectivity index (χ1v) is 7.47. The zero-order valence-corrected chi connectivity index (χ0v) is 15.6. The topological polar surface area (TPSA) is 53.6 Å². The fraction of sp³-hybridized carbons (Fsp3) is 0.533. The van der Waals surface area contributed by atoms with Crippen LogP contribution in [0.3, 0.4) is 0 Å². The lowest BCUT2D eigenvalue weighted by atomic mass is 10.1. The van der Waals surface area contributed by atoms with Gasteiger partial charge in [0.1, 0.15) is 6.04 Å². The second-order valence-electron chi connectivity index (χ2n) is 5.33. The van der Waals surface area contributed by atoms with Gasteiger partial charge >= 0.3 is 0 Å². The quantitative estimate of drug-likeness (QED) is 0.814. The summed E-state index contributed by atoms with van der Waals surface area (Å²) in [4.78, 5) is 14.2. The molecule has 5 nitrogen and oxygen atoms in total. The van der Waals surface area contributed by atoms with Gasteiger partial charge in [0, 0.05) is 18.1 Å². The predicted molar refractivity (Wildman–Crippen MR) is 98.0 cm³/mol. The van der Waals surface area contributed by atoms with E-state index in [0.717, 1.165) is 5.56 Å². The average molecular weight is 385 g/mol. The van der Waals surface area contributed by atoms with Gasteiger partial charge < -0.3 is 20.3 Å². The second kappa shape index (κ2) is 11.1. The number of amides is 1. The Morgan fingerprint density at radius 3 is 2.70 bits per heavy atom. The third-order valence-corrected chi connectivity index (χ3v) is 3.94. The van der Waals surface area contributed by atoms with Crippen LogP contribution in [0.25, 0.3) is 0 Å². The van der Waals surface area contributed by atoms with E-state index in [0.29, 0.717) is 31.3 Å². The second-order valence-corrected chi connectivity index (χ2v) is 5.73. The molecule has 1 saturated heterocycles. The fourth-order valence-corrected chi connectivity index (χ4v) is 2.63. The number of hydrogen-bond acceptors (Lipinski definition) is 4. The van der Waals surface area contributed by atoms with Crippen LogP contribution >= 0.6 is 36.4 Å². The van der Waals surface area contributed by atoms with Crippen molar-refractivity contribution in [2.75, 3.05) is 40.4 Å². The Hall–Kier alpha value is -0.560. The lowest BCUT2D eigenvalue weighted by Gasteiger charge is -2.28. The van der Waals surface area contributed by atoms with Gasteiger partial charge in [-0.2, -0.15) is 0 Å². The maximum absolute atomic E-state index is 12.1. The highest BCUT2D eigenvalue weighted by Crippen LogP contribution is 2.25. The van der Waals surface area contributed by atoms with Gasteiger partial charge in [-0.15, -0.1) is 24.8 Å². The van der Waals surface area contributed by atoms with Gasteiger partial charge in [-0.3, -0.25) is 4.79 Å². The van der Waals surface area contributed by atoms with Gasteiger partial charge in [0.05, 0.1) is 19.3 Å². The Balaban J connectivity index is 0.00000242. The molecule has 1 amide bonds. The smallest absolute Gasteiger partial charge is 0.239 e. The van der Waals surface area contributed by atoms with Gasteiger partial charge in [-0.05, 0) is 25.7 Å². The van der Waals surface area contributed by atoms with Gasteiger partial charge in [0.15, 0.2) is 0 Å². The first-order valence-electron chi connectivity index (χ1n) is 7.09. The molecule has 1 heterocycles. The van der Waals surface area contributed by atoms with Gasteiger partial charge in [-0.25, -0.2) is 0 Å². The highest BCUT2D eigenvalue weighted by molar-refractivity contribution is 6.31. The molecule has 0 radical (unpaired) electrons. The van der Waals surface area contributed by atoms with Crippen molar-refractivity contribution in [1.29, 1.82) is 0 Å². The number of carbonyl (C=O) groups excluding carboxylic acids is 1. The van der Waals surface area contributed by atoms with Crippen molar-refractivity contribution in [2.45, 2.75) is 12.1 Å². The van der Waals surface area contributed by atoms with Gasteiger partial charge in [-0.1, -0.05) is 29.8 Å². The number of ether oxygens (including phenoxy) is 1. The fourth-order valence-electron chi connectivity index (χ4n) is 2.37. The van der Waals surface area contributed by atoms with Crippen molar-refractivity contribution < 1.29 is 9.53 Å². The largest absolute Gasteiger partial charge is 0.378 e. The maximum Gasteiger partial charge on any atom is 0.239 e. The molecule has 2 N–H and O–H groups in total. The average Bonchev–Trinajstić information content (AvgIpc) is 2.49. The molecule has 0 saturated carbocycles. The van der Waals surface area contributed by atoms with Crippen LogP contribution in [0.1, 0.15) is 11.6 Å². The lowest BCUT2D eigenvalue weighted by Crippen LogP contribution is -2.52. The minimum absolute atomic E-state index is 0. The number of morpholine rings is 1. The van der Waals surface area contributed by atoms with E-state index in [2.05, 4.69) is 10.6 Å². The molecule has 1 aliphatic heterocycles. The molecular weight excluding hydrogens is 361 g/mol. The molecule has 1 aliphatic rings. The third-order valence-electron chi connectivity index (χ3n) is 3.60. The number of halogens is 3. The zero-order chi connectivity index (χ0) is 15.2. The molecule has 132 valence electrons. The lowest BCUT2D eigenvalue weighted by molar-refractivity contribution is -0.126. The van der Waals surface area contributed by atoms with Crippen molar-refractivity contribution in [2.24, 2.45) is 0 Å². The van der Waals surface area contributed by atoms with Crippen LogP contribution in [0, 0.1) is 0 Å². The van der Waals surface area contributed by atoms with E-state index in [9.17, 15) is 4.79 Å². The summed E-state index contributed by atoms with van der Waals surface area (Å²) in [6.45, 7) is 2.29. The molecule has 2 atom stereocenters. The SMILES string of the molecule is CN(C)C(CNC(=O)C1COCCN1)c1ccccc1Cl.Cl.Cl. The number of carbonyl (C=O) groups is 1. The summed E-state index contributed by atoms with van der Waals surface area (Å²) in [5, 5.41) is 6.84. The molecule has 1 aromatic rings. The summed E-state index contributed by atoms with van der Waals surface area (Å²) in [7, 11) is 3.95. The van der Waals surface area contributed by atoms with Crippen LogP contribution in [0.4, 0.5) is 0 Å². The Bertz CT molecular complexity index is 483. The summed E-state index contributed by atoms with van der Waals surface area (Å²) >= 11 is 6.26. The summed E-state index contributed by atoms with van der Waals surface area (Å²) in [6, 6.07) is 7.48. The Morgan fingerprint density at radius 2 is 2.13 bits per heavy atom. The van der Waals surface area contributed by atoms with Crippen molar-refractivity contribution in [3.05, 3.63) is 34.9 Å². The number of likely N-dealkylation sites (N-methyl/N-ethyl adjacent to an activating group) is 1. The predicted octanol–water partition coefficient (Wildman–Crippen LogP) is 1.89. The number of nitrogens with zero attached hydrogens (tertiary/aromatic N) is 1. The van der Waals surface area contributed by atoms with Crippen LogP contribution < -0.4 is 10.6 Å². The van der Waals surface area contributed by atoms with Crippen molar-refractivity contribution >= 4 is 42.3 Å². The van der Waals surface area contributed by atoms with E-state index in [1.165, 1.54) is 0 Å². The zero-order valence-electron chi connectivity index (χ0n) is 13.3. The van der Waals surface area contributed by atoms with Crippen LogP contribution in [-0.2, 0) is 9.53 Å². The van der Waals surface area contributed by atoms with E-state index in [4.69, 9.17) is 16.3 Å². The summed E-state index contributed by atoms with van der Waals surface area (Å²) in [5.74, 6) is -0.0337. The van der Waals surface area contributed by atoms with Crippen LogP contribution in [0.15, 0.2) is 24.3 Å². The summed E-state index contributed by atoms with van der Waals surface area (Å²) < 4.78 is 5.31. The Morgan fingerprint density at radius 1 is 1.43 bits per heavy atom. The number of hydrogen-bond donors (Lipinski definition) is 2. The van der Waals surface area contributed by atoms with E-state index in [1.807, 2.05) is 43.3 Å². The minimum atomic E-state index is -0.271. The van der Waals surface area contributed by atoms with E-state index >= 15 is 0 Å². The van der Waals surface area contributed by atoms with E-state index in [-0.39, 0.29) is 42.8 Å². The first kappa shape index (κ1) is 22.4. The van der Waals surface area contributed by atoms with E-state index in [1.54, 1.807) is 0 Å². The Labute approximate surface area is 154 Å². The molecular formula is C15H24Cl3N3O2. The first-order chi connectivity index (χ1) is 10.1. The summed E-state index contributed by atoms with van der Waals surface area (Å²) in [6.07, 6.45) is 0.